The smallest absolute Gasteiger partial charge is 0.263 e. The predicted molar refractivity (Wildman–Crippen MR) is 58.0 cm³/mol. The molecule has 0 fully saturated rings. The van der Waals surface area contributed by atoms with Crippen molar-refractivity contribution in [2.45, 2.75) is 18.1 Å². The predicted octanol–water partition coefficient (Wildman–Crippen LogP) is 2.34. The lowest BCUT2D eigenvalue weighted by Gasteiger charge is -2.31. The van der Waals surface area contributed by atoms with E-state index in [0.29, 0.717) is 0 Å². The van der Waals surface area contributed by atoms with Gasteiger partial charge in [0.25, 0.3) is 6.43 Å². The van der Waals surface area contributed by atoms with E-state index in [-0.39, 0.29) is 4.47 Å². The fraction of sp³-hybridized carbons (Fsp3) is 0.400. The second kappa shape index (κ2) is 5.32. The van der Waals surface area contributed by atoms with Crippen LogP contribution in [-0.4, -0.2) is 24.3 Å². The molecular formula is C10H10BrF4NO. The summed E-state index contributed by atoms with van der Waals surface area (Å²) < 4.78 is 52.8. The van der Waals surface area contributed by atoms with Gasteiger partial charge in [0.15, 0.2) is 6.17 Å². The third-order valence-electron chi connectivity index (χ3n) is 2.43. The molecule has 0 radical (unpaired) electrons. The normalized spacial score (nSPS) is 16.9. The molecule has 0 aliphatic rings. The van der Waals surface area contributed by atoms with Gasteiger partial charge < -0.3 is 10.8 Å². The number of alkyl halides is 3. The Labute approximate surface area is 104 Å². The van der Waals surface area contributed by atoms with E-state index >= 15 is 0 Å². The van der Waals surface area contributed by atoms with Gasteiger partial charge in [-0.15, -0.1) is 0 Å². The molecule has 0 unspecified atom stereocenters. The zero-order chi connectivity index (χ0) is 13.2. The molecule has 0 heterocycles. The van der Waals surface area contributed by atoms with Gasteiger partial charge in [-0.1, -0.05) is 15.9 Å². The molecule has 0 saturated carbocycles. The van der Waals surface area contributed by atoms with Crippen molar-refractivity contribution >= 4 is 15.9 Å². The Morgan fingerprint density at radius 3 is 2.41 bits per heavy atom. The third kappa shape index (κ3) is 2.61. The summed E-state index contributed by atoms with van der Waals surface area (Å²) in [6.45, 7) is -1.22. The van der Waals surface area contributed by atoms with Crippen LogP contribution in [0, 0.1) is 5.82 Å². The summed E-state index contributed by atoms with van der Waals surface area (Å²) in [6.07, 6.45) is -5.82. The maximum Gasteiger partial charge on any atom is 0.263 e. The van der Waals surface area contributed by atoms with E-state index < -0.39 is 36.1 Å². The number of hydrogen-bond donors (Lipinski definition) is 2. The molecule has 0 saturated heterocycles. The van der Waals surface area contributed by atoms with E-state index in [2.05, 4.69) is 15.9 Å². The summed E-state index contributed by atoms with van der Waals surface area (Å²) in [5, 5.41) is 8.62. The quantitative estimate of drug-likeness (QED) is 0.838. The van der Waals surface area contributed by atoms with Crippen molar-refractivity contribution in [3.8, 4) is 0 Å². The van der Waals surface area contributed by atoms with Gasteiger partial charge in [0, 0.05) is 10.0 Å². The number of rotatable bonds is 4. The Morgan fingerprint density at radius 1 is 1.35 bits per heavy atom. The van der Waals surface area contributed by atoms with Gasteiger partial charge in [-0.2, -0.15) is 0 Å². The summed E-state index contributed by atoms with van der Waals surface area (Å²) in [4.78, 5) is 0. The molecule has 0 amide bonds. The van der Waals surface area contributed by atoms with Crippen LogP contribution in [0.2, 0.25) is 0 Å². The molecule has 1 rings (SSSR count). The summed E-state index contributed by atoms with van der Waals surface area (Å²) in [7, 11) is 0. The molecule has 96 valence electrons. The van der Waals surface area contributed by atoms with Crippen LogP contribution >= 0.6 is 15.9 Å². The van der Waals surface area contributed by atoms with Crippen LogP contribution in [0.5, 0.6) is 0 Å². The van der Waals surface area contributed by atoms with Gasteiger partial charge >= 0.3 is 0 Å². The minimum atomic E-state index is -3.35. The number of hydrogen-bond acceptors (Lipinski definition) is 2. The van der Waals surface area contributed by atoms with Crippen LogP contribution in [0.3, 0.4) is 0 Å². The average molecular weight is 316 g/mol. The number of benzene rings is 1. The molecule has 17 heavy (non-hydrogen) atoms. The standard InChI is InChI=1S/C10H10BrF4NO/c11-5-1-2-7(12)6(3-5)10(16,9(14)15)8(13)4-17/h1-3,8-9,17H,4,16H2/t8-,10+/m0/s1. The Kier molecular flexibility index (Phi) is 4.51. The Bertz CT molecular complexity index is 404. The first-order valence-electron chi connectivity index (χ1n) is 4.61. The zero-order valence-electron chi connectivity index (χ0n) is 8.51. The van der Waals surface area contributed by atoms with Crippen LogP contribution in [0.1, 0.15) is 5.56 Å². The molecule has 1 aromatic rings. The summed E-state index contributed by atoms with van der Waals surface area (Å²) in [6, 6.07) is 3.15. The first-order valence-corrected chi connectivity index (χ1v) is 5.40. The highest BCUT2D eigenvalue weighted by molar-refractivity contribution is 9.10. The summed E-state index contributed by atoms with van der Waals surface area (Å²) in [5.74, 6) is -1.05. The maximum absolute atomic E-state index is 13.4. The molecule has 2 atom stereocenters. The molecule has 0 spiro atoms. The molecule has 1 aromatic carbocycles. The number of aliphatic hydroxyl groups excluding tert-OH is 1. The topological polar surface area (TPSA) is 46.2 Å². The van der Waals surface area contributed by atoms with Crippen molar-refractivity contribution in [3.63, 3.8) is 0 Å². The number of halogens is 5. The molecule has 0 bridgehead atoms. The van der Waals surface area contributed by atoms with Gasteiger partial charge in [0.05, 0.1) is 6.61 Å². The van der Waals surface area contributed by atoms with Crippen LogP contribution in [-0.2, 0) is 5.54 Å². The second-order valence-corrected chi connectivity index (χ2v) is 4.42. The molecular weight excluding hydrogens is 306 g/mol. The lowest BCUT2D eigenvalue weighted by atomic mass is 9.86. The van der Waals surface area contributed by atoms with Gasteiger partial charge in [0.1, 0.15) is 11.4 Å². The monoisotopic (exact) mass is 315 g/mol. The first-order chi connectivity index (χ1) is 7.83. The lowest BCUT2D eigenvalue weighted by Crippen LogP contribution is -2.53. The zero-order valence-corrected chi connectivity index (χ0v) is 10.1. The molecule has 0 aromatic heterocycles. The van der Waals surface area contributed by atoms with E-state index in [0.717, 1.165) is 12.1 Å². The van der Waals surface area contributed by atoms with E-state index in [1.54, 1.807) is 0 Å². The van der Waals surface area contributed by atoms with Crippen molar-refractivity contribution < 1.29 is 22.7 Å². The Balaban J connectivity index is 3.37. The van der Waals surface area contributed by atoms with Crippen molar-refractivity contribution in [3.05, 3.63) is 34.1 Å². The first kappa shape index (κ1) is 14.4. The van der Waals surface area contributed by atoms with Crippen LogP contribution in [0.25, 0.3) is 0 Å². The molecule has 7 heteroatoms. The molecule has 0 aliphatic carbocycles. The fourth-order valence-electron chi connectivity index (χ4n) is 1.40. The summed E-state index contributed by atoms with van der Waals surface area (Å²) >= 11 is 2.96. The maximum atomic E-state index is 13.4. The van der Waals surface area contributed by atoms with Gasteiger partial charge in [-0.05, 0) is 18.2 Å². The van der Waals surface area contributed by atoms with Crippen LogP contribution < -0.4 is 5.73 Å². The minimum absolute atomic E-state index is 0.287. The highest BCUT2D eigenvalue weighted by atomic mass is 79.9. The SMILES string of the molecule is N[C@@](c1cc(Br)ccc1F)(C(F)F)[C@@H](F)CO. The molecule has 2 nitrogen and oxygen atoms in total. The highest BCUT2D eigenvalue weighted by Crippen LogP contribution is 2.34. The van der Waals surface area contributed by atoms with Gasteiger partial charge in [-0.25, -0.2) is 17.6 Å². The van der Waals surface area contributed by atoms with Gasteiger partial charge in [0.2, 0.25) is 0 Å². The molecule has 3 N–H and O–H groups in total. The third-order valence-corrected chi connectivity index (χ3v) is 2.93. The Morgan fingerprint density at radius 2 is 1.94 bits per heavy atom. The highest BCUT2D eigenvalue weighted by Gasteiger charge is 2.47. The van der Waals surface area contributed by atoms with E-state index in [1.807, 2.05) is 0 Å². The average Bonchev–Trinajstić information content (AvgIpc) is 2.29. The minimum Gasteiger partial charge on any atom is -0.393 e. The van der Waals surface area contributed by atoms with E-state index in [4.69, 9.17) is 10.8 Å². The van der Waals surface area contributed by atoms with Crippen molar-refractivity contribution in [2.75, 3.05) is 6.61 Å². The van der Waals surface area contributed by atoms with Gasteiger partial charge in [-0.3, -0.25) is 0 Å². The number of nitrogens with two attached hydrogens (primary N) is 1. The van der Waals surface area contributed by atoms with Crippen LogP contribution in [0.4, 0.5) is 17.6 Å². The largest absolute Gasteiger partial charge is 0.393 e. The second-order valence-electron chi connectivity index (χ2n) is 3.51. The lowest BCUT2D eigenvalue weighted by molar-refractivity contribution is -0.0201. The fourth-order valence-corrected chi connectivity index (χ4v) is 1.76. The Hall–Kier alpha value is -0.660. The number of aliphatic hydroxyl groups is 1. The van der Waals surface area contributed by atoms with E-state index in [9.17, 15) is 17.6 Å². The van der Waals surface area contributed by atoms with Crippen molar-refractivity contribution in [1.82, 2.24) is 0 Å². The summed E-state index contributed by atoms with van der Waals surface area (Å²) in [5.41, 5.74) is 1.69. The van der Waals surface area contributed by atoms with Crippen molar-refractivity contribution in [1.29, 1.82) is 0 Å². The van der Waals surface area contributed by atoms with Crippen molar-refractivity contribution in [2.24, 2.45) is 5.73 Å². The van der Waals surface area contributed by atoms with E-state index in [1.165, 1.54) is 6.07 Å². The molecule has 0 aliphatic heterocycles. The van der Waals surface area contributed by atoms with Crippen LogP contribution in [0.15, 0.2) is 22.7 Å².